The van der Waals surface area contributed by atoms with E-state index in [1.165, 1.54) is 49.8 Å². The van der Waals surface area contributed by atoms with Gasteiger partial charge in [-0.05, 0) is 24.3 Å². The smallest absolute Gasteiger partial charge is 0.275 e. The minimum atomic E-state index is -0.418. The lowest BCUT2D eigenvalue weighted by molar-refractivity contribution is 0.102. The van der Waals surface area contributed by atoms with Crippen molar-refractivity contribution in [3.05, 3.63) is 63.3 Å². The Hall–Kier alpha value is -2.84. The molecule has 0 atom stereocenters. The van der Waals surface area contributed by atoms with Gasteiger partial charge in [-0.1, -0.05) is 11.6 Å². The summed E-state index contributed by atoms with van der Waals surface area (Å²) in [7, 11) is 2.99. The summed E-state index contributed by atoms with van der Waals surface area (Å²) in [5.41, 5.74) is 0.606. The van der Waals surface area contributed by atoms with Crippen LogP contribution in [-0.2, 0) is 6.61 Å². The number of benzene rings is 2. The second-order valence-electron chi connectivity index (χ2n) is 5.51. The van der Waals surface area contributed by atoms with E-state index in [-0.39, 0.29) is 18.1 Å². The van der Waals surface area contributed by atoms with Gasteiger partial charge in [-0.25, -0.2) is 9.37 Å². The maximum Gasteiger partial charge on any atom is 0.275 e. The van der Waals surface area contributed by atoms with Crippen LogP contribution in [0, 0.1) is 5.82 Å². The Morgan fingerprint density at radius 2 is 1.86 bits per heavy atom. The number of carbonyl (C=O) groups excluding carboxylic acids is 1. The largest absolute Gasteiger partial charge is 0.493 e. The standard InChI is InChI=1S/C19H16ClFN2O4S/c1-25-16-7-13(20)14(8-17(16)26-2)23-19(24)15-10-28-18(22-15)9-27-12-5-3-11(21)4-6-12/h3-8,10H,9H2,1-2H3,(H,23,24). The third-order valence-electron chi connectivity index (χ3n) is 3.68. The predicted octanol–water partition coefficient (Wildman–Crippen LogP) is 4.78. The van der Waals surface area contributed by atoms with Crippen molar-refractivity contribution in [2.24, 2.45) is 0 Å². The van der Waals surface area contributed by atoms with Crippen molar-refractivity contribution in [2.75, 3.05) is 19.5 Å². The number of amides is 1. The van der Waals surface area contributed by atoms with Crippen LogP contribution in [0.25, 0.3) is 0 Å². The Bertz CT molecular complexity index is 979. The molecule has 0 fully saturated rings. The van der Waals surface area contributed by atoms with Crippen LogP contribution < -0.4 is 19.5 Å². The highest BCUT2D eigenvalue weighted by atomic mass is 35.5. The molecule has 28 heavy (non-hydrogen) atoms. The zero-order valence-corrected chi connectivity index (χ0v) is 16.6. The van der Waals surface area contributed by atoms with Gasteiger partial charge in [0.15, 0.2) is 11.5 Å². The van der Waals surface area contributed by atoms with Gasteiger partial charge in [0, 0.05) is 17.5 Å². The number of methoxy groups -OCH3 is 2. The summed E-state index contributed by atoms with van der Waals surface area (Å²) >= 11 is 7.47. The first-order valence-electron chi connectivity index (χ1n) is 8.05. The number of rotatable bonds is 7. The predicted molar refractivity (Wildman–Crippen MR) is 105 cm³/mol. The Labute approximate surface area is 169 Å². The van der Waals surface area contributed by atoms with E-state index in [0.29, 0.717) is 33.0 Å². The highest BCUT2D eigenvalue weighted by molar-refractivity contribution is 7.09. The van der Waals surface area contributed by atoms with E-state index < -0.39 is 5.91 Å². The number of ether oxygens (including phenoxy) is 3. The van der Waals surface area contributed by atoms with Gasteiger partial charge in [0.1, 0.15) is 28.9 Å². The van der Waals surface area contributed by atoms with Crippen molar-refractivity contribution in [1.82, 2.24) is 4.98 Å². The Balaban J connectivity index is 1.66. The average molecular weight is 423 g/mol. The highest BCUT2D eigenvalue weighted by Crippen LogP contribution is 2.36. The fourth-order valence-corrected chi connectivity index (χ4v) is 3.18. The molecule has 0 aliphatic carbocycles. The third kappa shape index (κ3) is 4.71. The maximum atomic E-state index is 12.9. The first kappa shape index (κ1) is 19.9. The Kier molecular flexibility index (Phi) is 6.33. The summed E-state index contributed by atoms with van der Waals surface area (Å²) in [4.78, 5) is 16.7. The summed E-state index contributed by atoms with van der Waals surface area (Å²) in [5, 5.41) is 5.23. The average Bonchev–Trinajstić information content (AvgIpc) is 3.18. The quantitative estimate of drug-likeness (QED) is 0.593. The number of carbonyl (C=O) groups is 1. The van der Waals surface area contributed by atoms with E-state index in [1.54, 1.807) is 17.5 Å². The van der Waals surface area contributed by atoms with Crippen molar-refractivity contribution < 1.29 is 23.4 Å². The second-order valence-corrected chi connectivity index (χ2v) is 6.86. The Morgan fingerprint density at radius 1 is 1.18 bits per heavy atom. The van der Waals surface area contributed by atoms with E-state index in [1.807, 2.05) is 0 Å². The minimum Gasteiger partial charge on any atom is -0.493 e. The molecule has 1 heterocycles. The maximum absolute atomic E-state index is 12.9. The SMILES string of the molecule is COc1cc(Cl)c(NC(=O)c2csc(COc3ccc(F)cc3)n2)cc1OC. The zero-order valence-electron chi connectivity index (χ0n) is 15.0. The molecule has 0 spiro atoms. The van der Waals surface area contributed by atoms with Gasteiger partial charge >= 0.3 is 0 Å². The lowest BCUT2D eigenvalue weighted by atomic mass is 10.2. The van der Waals surface area contributed by atoms with E-state index in [9.17, 15) is 9.18 Å². The lowest BCUT2D eigenvalue weighted by Gasteiger charge is -2.12. The molecule has 9 heteroatoms. The lowest BCUT2D eigenvalue weighted by Crippen LogP contribution is -2.13. The molecule has 1 aromatic heterocycles. The summed E-state index contributed by atoms with van der Waals surface area (Å²) in [6.07, 6.45) is 0. The number of hydrogen-bond acceptors (Lipinski definition) is 6. The van der Waals surface area contributed by atoms with Crippen LogP contribution in [0.5, 0.6) is 17.2 Å². The number of halogens is 2. The monoisotopic (exact) mass is 422 g/mol. The number of hydrogen-bond donors (Lipinski definition) is 1. The van der Waals surface area contributed by atoms with Gasteiger partial charge < -0.3 is 19.5 Å². The summed E-state index contributed by atoms with van der Waals surface area (Å²) < 4.78 is 28.8. The summed E-state index contributed by atoms with van der Waals surface area (Å²) in [6, 6.07) is 8.79. The molecule has 0 radical (unpaired) electrons. The third-order valence-corrected chi connectivity index (χ3v) is 4.82. The fourth-order valence-electron chi connectivity index (χ4n) is 2.29. The van der Waals surface area contributed by atoms with Crippen molar-refractivity contribution in [1.29, 1.82) is 0 Å². The van der Waals surface area contributed by atoms with Gasteiger partial charge in [-0.2, -0.15) is 0 Å². The first-order valence-corrected chi connectivity index (χ1v) is 9.31. The van der Waals surface area contributed by atoms with Gasteiger partial charge in [-0.3, -0.25) is 4.79 Å². The normalized spacial score (nSPS) is 10.4. The van der Waals surface area contributed by atoms with Crippen LogP contribution in [0.2, 0.25) is 5.02 Å². The number of aromatic nitrogens is 1. The molecule has 0 saturated heterocycles. The highest BCUT2D eigenvalue weighted by Gasteiger charge is 2.16. The summed E-state index contributed by atoms with van der Waals surface area (Å²) in [5.74, 6) is 0.653. The molecule has 6 nitrogen and oxygen atoms in total. The fraction of sp³-hybridized carbons (Fsp3) is 0.158. The van der Waals surface area contributed by atoms with E-state index in [2.05, 4.69) is 10.3 Å². The van der Waals surface area contributed by atoms with Crippen molar-refractivity contribution >= 4 is 34.5 Å². The van der Waals surface area contributed by atoms with Crippen LogP contribution in [0.15, 0.2) is 41.8 Å². The molecule has 1 N–H and O–H groups in total. The van der Waals surface area contributed by atoms with Crippen molar-refractivity contribution in [2.45, 2.75) is 6.61 Å². The molecule has 146 valence electrons. The molecule has 2 aromatic carbocycles. The van der Waals surface area contributed by atoms with Crippen LogP contribution in [0.1, 0.15) is 15.5 Å². The van der Waals surface area contributed by atoms with Crippen molar-refractivity contribution in [3.63, 3.8) is 0 Å². The molecule has 3 aromatic rings. The van der Waals surface area contributed by atoms with Crippen LogP contribution >= 0.6 is 22.9 Å². The molecule has 0 unspecified atom stereocenters. The molecular weight excluding hydrogens is 407 g/mol. The number of nitrogens with one attached hydrogen (secondary N) is 1. The second kappa shape index (κ2) is 8.90. The molecule has 0 bridgehead atoms. The van der Waals surface area contributed by atoms with Crippen LogP contribution in [0.4, 0.5) is 10.1 Å². The van der Waals surface area contributed by atoms with Crippen LogP contribution in [-0.4, -0.2) is 25.1 Å². The van der Waals surface area contributed by atoms with E-state index in [4.69, 9.17) is 25.8 Å². The molecule has 1 amide bonds. The van der Waals surface area contributed by atoms with Crippen LogP contribution in [0.3, 0.4) is 0 Å². The molecule has 0 saturated carbocycles. The first-order chi connectivity index (χ1) is 13.5. The number of nitrogens with zero attached hydrogens (tertiary/aromatic N) is 1. The van der Waals surface area contributed by atoms with Gasteiger partial charge in [-0.15, -0.1) is 11.3 Å². The molecule has 0 aliphatic rings. The van der Waals surface area contributed by atoms with Gasteiger partial charge in [0.05, 0.1) is 24.9 Å². The molecule has 0 aliphatic heterocycles. The van der Waals surface area contributed by atoms with Gasteiger partial charge in [0.2, 0.25) is 0 Å². The van der Waals surface area contributed by atoms with Gasteiger partial charge in [0.25, 0.3) is 5.91 Å². The minimum absolute atomic E-state index is 0.167. The molecule has 3 rings (SSSR count). The zero-order chi connectivity index (χ0) is 20.1. The Morgan fingerprint density at radius 3 is 2.54 bits per heavy atom. The number of thiazole rings is 1. The van der Waals surface area contributed by atoms with Crippen molar-refractivity contribution in [3.8, 4) is 17.2 Å². The van der Waals surface area contributed by atoms with E-state index >= 15 is 0 Å². The topological polar surface area (TPSA) is 69.7 Å². The summed E-state index contributed by atoms with van der Waals surface area (Å²) in [6.45, 7) is 0.167. The molecular formula is C19H16ClFN2O4S. The van der Waals surface area contributed by atoms with E-state index in [0.717, 1.165) is 0 Å². The number of anilines is 1.